The average Bonchev–Trinajstić information content (AvgIpc) is 1.91. The molecule has 0 aliphatic carbocycles. The molecule has 1 aliphatic rings. The van der Waals surface area contributed by atoms with Crippen molar-refractivity contribution in [2.45, 2.75) is 39.7 Å². The second-order valence-corrected chi connectivity index (χ2v) is 5.07. The van der Waals surface area contributed by atoms with E-state index in [2.05, 4.69) is 44.9 Å². The molecular weight excluding hydrogens is 146 g/mol. The summed E-state index contributed by atoms with van der Waals surface area (Å²) in [5, 5.41) is 0. The lowest BCUT2D eigenvalue weighted by Gasteiger charge is -2.34. The van der Waals surface area contributed by atoms with E-state index in [4.69, 9.17) is 0 Å². The van der Waals surface area contributed by atoms with E-state index < -0.39 is 0 Å². The highest BCUT2D eigenvalue weighted by Crippen LogP contribution is 2.26. The largest absolute Gasteiger partial charge is 0.299 e. The maximum absolute atomic E-state index is 2.45. The average molecular weight is 167 g/mol. The monoisotopic (exact) mass is 167 g/mol. The number of nitrogens with zero attached hydrogens (tertiary/aromatic N) is 1. The van der Waals surface area contributed by atoms with Gasteiger partial charge in [0.25, 0.3) is 0 Å². The maximum Gasteiger partial charge on any atom is 0.0163 e. The quantitative estimate of drug-likeness (QED) is 0.543. The zero-order valence-electron chi connectivity index (χ0n) is 8.80. The molecule has 0 N–H and O–H groups in total. The van der Waals surface area contributed by atoms with E-state index in [0.717, 1.165) is 12.6 Å². The fraction of sp³-hybridized carbons (Fsp3) is 0.818. The van der Waals surface area contributed by atoms with Gasteiger partial charge in [0.1, 0.15) is 0 Å². The van der Waals surface area contributed by atoms with Crippen molar-refractivity contribution in [2.24, 2.45) is 5.41 Å². The van der Waals surface area contributed by atoms with Crippen LogP contribution in [0.4, 0.5) is 0 Å². The number of rotatable bonds is 1. The molecule has 1 nitrogen and oxygen atoms in total. The van der Waals surface area contributed by atoms with Crippen LogP contribution in [0.5, 0.6) is 0 Å². The second-order valence-electron chi connectivity index (χ2n) is 5.07. The molecule has 70 valence electrons. The molecule has 0 aromatic heterocycles. The van der Waals surface area contributed by atoms with E-state index in [1.807, 2.05) is 0 Å². The molecule has 0 saturated carbocycles. The third-order valence-electron chi connectivity index (χ3n) is 2.44. The maximum atomic E-state index is 2.45. The van der Waals surface area contributed by atoms with Gasteiger partial charge in [0.05, 0.1) is 0 Å². The van der Waals surface area contributed by atoms with Crippen molar-refractivity contribution in [2.75, 3.05) is 13.6 Å². The molecule has 0 spiro atoms. The predicted molar refractivity (Wildman–Crippen MR) is 54.2 cm³/mol. The first kappa shape index (κ1) is 9.79. The summed E-state index contributed by atoms with van der Waals surface area (Å²) in [6.45, 7) is 8.08. The summed E-state index contributed by atoms with van der Waals surface area (Å²) in [4.78, 5) is 2.45. The molecule has 0 bridgehead atoms. The molecule has 0 saturated heterocycles. The van der Waals surface area contributed by atoms with Crippen LogP contribution in [-0.4, -0.2) is 24.5 Å². The highest BCUT2D eigenvalue weighted by Gasteiger charge is 2.22. The Labute approximate surface area is 76.5 Å². The van der Waals surface area contributed by atoms with E-state index >= 15 is 0 Å². The lowest BCUT2D eigenvalue weighted by atomic mass is 9.85. The minimum absolute atomic E-state index is 0.462. The van der Waals surface area contributed by atoms with Crippen molar-refractivity contribution < 1.29 is 0 Å². The highest BCUT2D eigenvalue weighted by atomic mass is 15.1. The predicted octanol–water partition coefficient (Wildman–Crippen LogP) is 2.68. The Morgan fingerprint density at radius 1 is 1.33 bits per heavy atom. The van der Waals surface area contributed by atoms with Gasteiger partial charge in [0.2, 0.25) is 0 Å². The zero-order chi connectivity index (χ0) is 9.19. The number of likely N-dealkylation sites (N-methyl/N-ethyl adjacent to an activating group) is 1. The summed E-state index contributed by atoms with van der Waals surface area (Å²) in [5.41, 5.74) is 0.462. The fourth-order valence-corrected chi connectivity index (χ4v) is 1.77. The molecule has 0 aromatic carbocycles. The normalized spacial score (nSPS) is 26.2. The summed E-state index contributed by atoms with van der Waals surface area (Å²) in [5.74, 6) is 0. The van der Waals surface area contributed by atoms with Gasteiger partial charge in [-0.05, 0) is 25.3 Å². The Balaban J connectivity index is 2.46. The summed E-state index contributed by atoms with van der Waals surface area (Å²) < 4.78 is 0. The van der Waals surface area contributed by atoms with Crippen LogP contribution in [0, 0.1) is 5.41 Å². The smallest absolute Gasteiger partial charge is 0.0163 e. The van der Waals surface area contributed by atoms with Crippen LogP contribution in [0.2, 0.25) is 0 Å². The molecule has 0 aromatic rings. The van der Waals surface area contributed by atoms with Crippen molar-refractivity contribution in [3.8, 4) is 0 Å². The van der Waals surface area contributed by atoms with Gasteiger partial charge in [0.15, 0.2) is 0 Å². The summed E-state index contributed by atoms with van der Waals surface area (Å²) in [7, 11) is 2.22. The van der Waals surface area contributed by atoms with Gasteiger partial charge in [-0.25, -0.2) is 0 Å². The minimum atomic E-state index is 0.462. The minimum Gasteiger partial charge on any atom is -0.299 e. The van der Waals surface area contributed by atoms with Gasteiger partial charge >= 0.3 is 0 Å². The Bertz CT molecular complexity index is 164. The molecule has 1 aliphatic heterocycles. The highest BCUT2D eigenvalue weighted by molar-refractivity contribution is 4.96. The van der Waals surface area contributed by atoms with E-state index in [9.17, 15) is 0 Å². The van der Waals surface area contributed by atoms with E-state index in [1.54, 1.807) is 0 Å². The fourth-order valence-electron chi connectivity index (χ4n) is 1.77. The summed E-state index contributed by atoms with van der Waals surface area (Å²) in [6, 6.07) is 0.759. The Morgan fingerprint density at radius 3 is 2.50 bits per heavy atom. The van der Waals surface area contributed by atoms with Crippen LogP contribution in [0.3, 0.4) is 0 Å². The van der Waals surface area contributed by atoms with Gasteiger partial charge < -0.3 is 0 Å². The molecule has 0 fully saturated rings. The van der Waals surface area contributed by atoms with Crippen molar-refractivity contribution in [3.63, 3.8) is 0 Å². The molecule has 1 heteroatoms. The number of hydrogen-bond donors (Lipinski definition) is 0. The molecule has 1 unspecified atom stereocenters. The summed E-state index contributed by atoms with van der Waals surface area (Å²) >= 11 is 0. The van der Waals surface area contributed by atoms with Gasteiger partial charge in [-0.15, -0.1) is 0 Å². The first-order valence-corrected chi connectivity index (χ1v) is 4.84. The van der Waals surface area contributed by atoms with E-state index in [-0.39, 0.29) is 0 Å². The standard InChI is InChI=1S/C11H21N/c1-11(2,3)9-10-7-5-6-8-12(10)4/h5-6,10H,7-9H2,1-4H3. The van der Waals surface area contributed by atoms with Crippen LogP contribution in [0.15, 0.2) is 12.2 Å². The zero-order valence-corrected chi connectivity index (χ0v) is 8.80. The van der Waals surface area contributed by atoms with Crippen LogP contribution >= 0.6 is 0 Å². The Hall–Kier alpha value is -0.300. The van der Waals surface area contributed by atoms with Crippen molar-refractivity contribution >= 4 is 0 Å². The number of hydrogen-bond acceptors (Lipinski definition) is 1. The Morgan fingerprint density at radius 2 is 2.00 bits per heavy atom. The molecule has 1 rings (SSSR count). The van der Waals surface area contributed by atoms with E-state index in [1.165, 1.54) is 12.8 Å². The van der Waals surface area contributed by atoms with Gasteiger partial charge in [0, 0.05) is 12.6 Å². The first-order valence-electron chi connectivity index (χ1n) is 4.84. The van der Waals surface area contributed by atoms with Gasteiger partial charge in [-0.1, -0.05) is 32.9 Å². The third-order valence-corrected chi connectivity index (χ3v) is 2.44. The molecule has 0 radical (unpaired) electrons. The van der Waals surface area contributed by atoms with Gasteiger partial charge in [-0.2, -0.15) is 0 Å². The topological polar surface area (TPSA) is 3.24 Å². The van der Waals surface area contributed by atoms with Crippen molar-refractivity contribution in [1.29, 1.82) is 0 Å². The first-order chi connectivity index (χ1) is 5.49. The molecule has 0 amide bonds. The molecular formula is C11H21N. The van der Waals surface area contributed by atoms with Crippen LogP contribution < -0.4 is 0 Å². The SMILES string of the molecule is CN1CC=CCC1CC(C)(C)C. The third kappa shape index (κ3) is 2.98. The van der Waals surface area contributed by atoms with Crippen LogP contribution in [0.25, 0.3) is 0 Å². The molecule has 12 heavy (non-hydrogen) atoms. The lowest BCUT2D eigenvalue weighted by molar-refractivity contribution is 0.187. The Kier molecular flexibility index (Phi) is 2.94. The van der Waals surface area contributed by atoms with Gasteiger partial charge in [-0.3, -0.25) is 4.90 Å². The lowest BCUT2D eigenvalue weighted by Crippen LogP contribution is -2.36. The van der Waals surface area contributed by atoms with Crippen molar-refractivity contribution in [1.82, 2.24) is 4.90 Å². The molecule has 1 heterocycles. The van der Waals surface area contributed by atoms with Crippen molar-refractivity contribution in [3.05, 3.63) is 12.2 Å². The molecule has 1 atom stereocenters. The summed E-state index contributed by atoms with van der Waals surface area (Å²) in [6.07, 6.45) is 7.11. The van der Waals surface area contributed by atoms with E-state index in [0.29, 0.717) is 5.41 Å². The van der Waals surface area contributed by atoms with Crippen LogP contribution in [-0.2, 0) is 0 Å². The van der Waals surface area contributed by atoms with Crippen LogP contribution in [0.1, 0.15) is 33.6 Å². The second kappa shape index (κ2) is 3.61.